The number of fused-ring (bicyclic) bond motifs is 1. The van der Waals surface area contributed by atoms with E-state index in [-0.39, 0.29) is 6.79 Å². The van der Waals surface area contributed by atoms with Gasteiger partial charge in [-0.3, -0.25) is 0 Å². The first-order valence-electron chi connectivity index (χ1n) is 7.85. The fourth-order valence-electron chi connectivity index (χ4n) is 2.41. The third-order valence-corrected chi connectivity index (χ3v) is 3.72. The van der Waals surface area contributed by atoms with Crippen LogP contribution < -0.4 is 19.6 Å². The highest BCUT2D eigenvalue weighted by Crippen LogP contribution is 2.32. The second kappa shape index (κ2) is 7.06. The van der Waals surface area contributed by atoms with E-state index in [2.05, 4.69) is 25.7 Å². The number of benzene rings is 2. The lowest BCUT2D eigenvalue weighted by Crippen LogP contribution is -2.00. The van der Waals surface area contributed by atoms with Gasteiger partial charge in [-0.25, -0.2) is 10.4 Å². The second-order valence-electron chi connectivity index (χ2n) is 5.38. The Bertz CT molecular complexity index is 944. The van der Waals surface area contributed by atoms with Gasteiger partial charge in [-0.05, 0) is 48.0 Å². The zero-order valence-electron chi connectivity index (χ0n) is 13.9. The van der Waals surface area contributed by atoms with E-state index in [0.717, 1.165) is 22.6 Å². The molecule has 1 N–H and O–H groups in total. The minimum atomic E-state index is 0.242. The first-order valence-corrected chi connectivity index (χ1v) is 7.85. The molecule has 4 rings (SSSR count). The molecule has 1 aromatic heterocycles. The molecular formula is C18H15N5O3. The predicted molar refractivity (Wildman–Crippen MR) is 95.6 cm³/mol. The lowest BCUT2D eigenvalue weighted by Gasteiger charge is -2.04. The van der Waals surface area contributed by atoms with Crippen LogP contribution in [0.5, 0.6) is 17.2 Å². The molecule has 0 spiro atoms. The molecule has 0 aliphatic carbocycles. The molecule has 1 aliphatic heterocycles. The van der Waals surface area contributed by atoms with E-state index in [1.807, 2.05) is 42.5 Å². The van der Waals surface area contributed by atoms with Gasteiger partial charge in [-0.15, -0.1) is 5.10 Å². The Morgan fingerprint density at radius 2 is 1.96 bits per heavy atom. The predicted octanol–water partition coefficient (Wildman–Crippen LogP) is 2.72. The Balaban J connectivity index is 1.46. The maximum atomic E-state index is 5.34. The van der Waals surface area contributed by atoms with E-state index in [9.17, 15) is 0 Å². The van der Waals surface area contributed by atoms with Gasteiger partial charge in [0, 0.05) is 5.56 Å². The number of hydrazone groups is 1. The van der Waals surface area contributed by atoms with Crippen LogP contribution in [-0.4, -0.2) is 35.3 Å². The second-order valence-corrected chi connectivity index (χ2v) is 5.38. The third kappa shape index (κ3) is 3.39. The normalized spacial score (nSPS) is 12.3. The zero-order valence-corrected chi connectivity index (χ0v) is 13.9. The van der Waals surface area contributed by atoms with Crippen LogP contribution in [0.1, 0.15) is 5.56 Å². The van der Waals surface area contributed by atoms with E-state index < -0.39 is 0 Å². The van der Waals surface area contributed by atoms with E-state index in [1.54, 1.807) is 19.5 Å². The average molecular weight is 349 g/mol. The Morgan fingerprint density at radius 3 is 2.81 bits per heavy atom. The van der Waals surface area contributed by atoms with Crippen LogP contribution in [0.3, 0.4) is 0 Å². The van der Waals surface area contributed by atoms with E-state index in [1.165, 1.54) is 0 Å². The van der Waals surface area contributed by atoms with E-state index in [0.29, 0.717) is 17.4 Å². The summed E-state index contributed by atoms with van der Waals surface area (Å²) in [5.41, 5.74) is 5.23. The van der Waals surface area contributed by atoms with Gasteiger partial charge >= 0.3 is 0 Å². The van der Waals surface area contributed by atoms with Crippen LogP contribution in [0.4, 0.5) is 5.95 Å². The van der Waals surface area contributed by atoms with Crippen molar-refractivity contribution in [3.05, 3.63) is 54.2 Å². The number of rotatable bonds is 5. The van der Waals surface area contributed by atoms with Crippen molar-refractivity contribution >= 4 is 12.2 Å². The summed E-state index contributed by atoms with van der Waals surface area (Å²) in [6.07, 6.45) is 3.24. The summed E-state index contributed by atoms with van der Waals surface area (Å²) in [4.78, 5) is 4.40. The van der Waals surface area contributed by atoms with Crippen molar-refractivity contribution in [2.75, 3.05) is 19.3 Å². The molecule has 0 unspecified atom stereocenters. The zero-order chi connectivity index (χ0) is 17.8. The lowest BCUT2D eigenvalue weighted by atomic mass is 10.1. The molecule has 0 bridgehead atoms. The van der Waals surface area contributed by atoms with Crippen molar-refractivity contribution in [1.29, 1.82) is 0 Å². The minimum Gasteiger partial charge on any atom is -0.497 e. The highest BCUT2D eigenvalue weighted by Gasteiger charge is 2.12. The van der Waals surface area contributed by atoms with Crippen molar-refractivity contribution in [3.63, 3.8) is 0 Å². The molecule has 2 heterocycles. The summed E-state index contributed by atoms with van der Waals surface area (Å²) in [7, 11) is 1.63. The Kier molecular flexibility index (Phi) is 4.29. The summed E-state index contributed by atoms with van der Waals surface area (Å²) < 4.78 is 15.8. The highest BCUT2D eigenvalue weighted by molar-refractivity contribution is 5.81. The highest BCUT2D eigenvalue weighted by atomic mass is 16.7. The number of nitrogens with zero attached hydrogens (tertiary/aromatic N) is 4. The van der Waals surface area contributed by atoms with E-state index in [4.69, 9.17) is 14.2 Å². The molecule has 0 radical (unpaired) electrons. The SMILES string of the molecule is COc1ccc(-c2cnnc(N/N=C\c3ccc4c(c3)OCO4)n2)cc1. The molecule has 8 heteroatoms. The quantitative estimate of drug-likeness (QED) is 0.559. The maximum Gasteiger partial charge on any atom is 0.263 e. The molecule has 26 heavy (non-hydrogen) atoms. The summed E-state index contributed by atoms with van der Waals surface area (Å²) in [5.74, 6) is 2.51. The van der Waals surface area contributed by atoms with Gasteiger partial charge < -0.3 is 14.2 Å². The number of hydrogen-bond acceptors (Lipinski definition) is 8. The van der Waals surface area contributed by atoms with Gasteiger partial charge in [0.1, 0.15) is 5.75 Å². The van der Waals surface area contributed by atoms with Gasteiger partial charge in [0.2, 0.25) is 6.79 Å². The van der Waals surface area contributed by atoms with Gasteiger partial charge in [0.05, 0.1) is 25.2 Å². The molecule has 0 saturated carbocycles. The fraction of sp³-hybridized carbons (Fsp3) is 0.111. The summed E-state index contributed by atoms with van der Waals surface area (Å²) >= 11 is 0. The van der Waals surface area contributed by atoms with Gasteiger partial charge in [0.25, 0.3) is 5.95 Å². The Morgan fingerprint density at radius 1 is 1.12 bits per heavy atom. The van der Waals surface area contributed by atoms with Crippen LogP contribution in [0, 0.1) is 0 Å². The lowest BCUT2D eigenvalue weighted by molar-refractivity contribution is 0.174. The Labute approximate surface area is 149 Å². The maximum absolute atomic E-state index is 5.34. The van der Waals surface area contributed by atoms with Gasteiger partial charge in [0.15, 0.2) is 11.5 Å². The fourth-order valence-corrected chi connectivity index (χ4v) is 2.41. The number of hydrogen-bond donors (Lipinski definition) is 1. The molecule has 0 fully saturated rings. The van der Waals surface area contributed by atoms with Gasteiger partial charge in [-0.2, -0.15) is 10.2 Å². The summed E-state index contributed by atoms with van der Waals surface area (Å²) in [5, 5.41) is 12.0. The summed E-state index contributed by atoms with van der Waals surface area (Å²) in [6, 6.07) is 13.1. The Hall–Kier alpha value is -3.68. The largest absolute Gasteiger partial charge is 0.497 e. The van der Waals surface area contributed by atoms with Crippen LogP contribution in [-0.2, 0) is 0 Å². The number of methoxy groups -OCH3 is 1. The van der Waals surface area contributed by atoms with Crippen molar-refractivity contribution in [1.82, 2.24) is 15.2 Å². The monoisotopic (exact) mass is 349 g/mol. The molecule has 1 aliphatic rings. The van der Waals surface area contributed by atoms with Crippen LogP contribution in [0.2, 0.25) is 0 Å². The average Bonchev–Trinajstić information content (AvgIpc) is 3.16. The van der Waals surface area contributed by atoms with E-state index >= 15 is 0 Å². The first kappa shape index (κ1) is 15.8. The number of nitrogens with one attached hydrogen (secondary N) is 1. The van der Waals surface area contributed by atoms with Crippen LogP contribution in [0.15, 0.2) is 53.8 Å². The molecule has 8 nitrogen and oxygen atoms in total. The molecule has 0 saturated heterocycles. The van der Waals surface area contributed by atoms with Crippen LogP contribution >= 0.6 is 0 Å². The van der Waals surface area contributed by atoms with Gasteiger partial charge in [-0.1, -0.05) is 0 Å². The van der Waals surface area contributed by atoms with Crippen molar-refractivity contribution in [2.24, 2.45) is 5.10 Å². The first-order chi connectivity index (χ1) is 12.8. The third-order valence-electron chi connectivity index (χ3n) is 3.72. The van der Waals surface area contributed by atoms with Crippen molar-refractivity contribution in [3.8, 4) is 28.5 Å². The molecule has 0 amide bonds. The topological polar surface area (TPSA) is 90.8 Å². The number of aromatic nitrogens is 3. The standard InChI is InChI=1S/C18H15N5O3/c1-24-14-5-3-13(4-6-14)15-10-20-23-18(21-15)22-19-9-12-2-7-16-17(8-12)26-11-25-16/h2-10H,11H2,1H3,(H,21,22,23)/b19-9-. The molecular weight excluding hydrogens is 334 g/mol. The molecule has 130 valence electrons. The summed E-state index contributed by atoms with van der Waals surface area (Å²) in [6.45, 7) is 0.242. The molecule has 0 atom stereocenters. The number of anilines is 1. The van der Waals surface area contributed by atoms with Crippen LogP contribution in [0.25, 0.3) is 11.3 Å². The minimum absolute atomic E-state index is 0.242. The molecule has 3 aromatic rings. The van der Waals surface area contributed by atoms with Crippen molar-refractivity contribution in [2.45, 2.75) is 0 Å². The molecule has 2 aromatic carbocycles. The number of ether oxygens (including phenoxy) is 3. The van der Waals surface area contributed by atoms with Crippen molar-refractivity contribution < 1.29 is 14.2 Å². The smallest absolute Gasteiger partial charge is 0.263 e.